The van der Waals surface area contributed by atoms with E-state index >= 15 is 0 Å². The fraction of sp³-hybridized carbons (Fsp3) is 0.263. The van der Waals surface area contributed by atoms with Crippen molar-refractivity contribution < 1.29 is 31.2 Å². The molecule has 2 aromatic carbocycles. The molecule has 0 spiro atoms. The molecule has 32 heavy (non-hydrogen) atoms. The van der Waals surface area contributed by atoms with Crippen molar-refractivity contribution in [3.63, 3.8) is 0 Å². The standard InChI is InChI=1S/C19H15F6N5O2/c1-11-5-3-8-15(30-17(31)29(2)27-28-30)14(11)10-32-26-16(19(23,24)25)12-6-4-7-13(9-12)18(20,21)22/h3-9H,10H2,1-2H3/b26-16+. The van der Waals surface area contributed by atoms with Crippen LogP contribution < -0.4 is 5.69 Å². The highest BCUT2D eigenvalue weighted by molar-refractivity contribution is 6.04. The number of rotatable bonds is 5. The van der Waals surface area contributed by atoms with E-state index in [9.17, 15) is 31.1 Å². The van der Waals surface area contributed by atoms with Crippen LogP contribution in [0.4, 0.5) is 26.3 Å². The van der Waals surface area contributed by atoms with Crippen molar-refractivity contribution in [3.05, 3.63) is 75.2 Å². The van der Waals surface area contributed by atoms with E-state index < -0.39 is 41.5 Å². The molecule has 0 aliphatic rings. The third kappa shape index (κ3) is 4.81. The first-order valence-electron chi connectivity index (χ1n) is 8.92. The number of nitrogens with zero attached hydrogens (tertiary/aromatic N) is 5. The number of hydrogen-bond acceptors (Lipinski definition) is 5. The smallest absolute Gasteiger partial charge is 0.390 e. The third-order valence-electron chi connectivity index (χ3n) is 4.43. The summed E-state index contributed by atoms with van der Waals surface area (Å²) >= 11 is 0. The van der Waals surface area contributed by atoms with Gasteiger partial charge in [0.2, 0.25) is 0 Å². The second-order valence-electron chi connectivity index (χ2n) is 6.66. The van der Waals surface area contributed by atoms with Crippen molar-refractivity contribution in [2.24, 2.45) is 12.2 Å². The largest absolute Gasteiger partial charge is 0.437 e. The van der Waals surface area contributed by atoms with Crippen molar-refractivity contribution in [3.8, 4) is 5.69 Å². The normalized spacial score (nSPS) is 12.8. The number of hydrogen-bond donors (Lipinski definition) is 0. The molecule has 3 rings (SSSR count). The second-order valence-corrected chi connectivity index (χ2v) is 6.66. The van der Waals surface area contributed by atoms with Crippen molar-refractivity contribution >= 4 is 5.71 Å². The van der Waals surface area contributed by atoms with E-state index in [4.69, 9.17) is 4.84 Å². The number of aromatic nitrogens is 4. The highest BCUT2D eigenvalue weighted by Gasteiger charge is 2.39. The van der Waals surface area contributed by atoms with Gasteiger partial charge in [-0.1, -0.05) is 29.4 Å². The van der Waals surface area contributed by atoms with Crippen molar-refractivity contribution in [2.75, 3.05) is 0 Å². The van der Waals surface area contributed by atoms with Crippen molar-refractivity contribution in [2.45, 2.75) is 25.9 Å². The first-order valence-corrected chi connectivity index (χ1v) is 8.92. The summed E-state index contributed by atoms with van der Waals surface area (Å²) in [6.07, 6.45) is -9.91. The summed E-state index contributed by atoms with van der Waals surface area (Å²) in [5.41, 5.74) is -3.22. The first-order chi connectivity index (χ1) is 14.9. The molecule has 0 bridgehead atoms. The van der Waals surface area contributed by atoms with E-state index in [-0.39, 0.29) is 5.69 Å². The minimum atomic E-state index is -5.08. The fourth-order valence-electron chi connectivity index (χ4n) is 2.81. The van der Waals surface area contributed by atoms with Gasteiger partial charge in [-0.25, -0.2) is 4.79 Å². The molecular formula is C19H15F6N5O2. The van der Waals surface area contributed by atoms with E-state index in [0.29, 0.717) is 23.3 Å². The van der Waals surface area contributed by atoms with Gasteiger partial charge in [-0.15, -0.1) is 0 Å². The molecule has 0 aliphatic carbocycles. The van der Waals surface area contributed by atoms with Gasteiger partial charge in [-0.2, -0.15) is 35.7 Å². The second kappa shape index (κ2) is 8.48. The van der Waals surface area contributed by atoms with E-state index in [2.05, 4.69) is 15.6 Å². The van der Waals surface area contributed by atoms with Crippen LogP contribution in [0.5, 0.6) is 0 Å². The van der Waals surface area contributed by atoms with Gasteiger partial charge in [-0.3, -0.25) is 0 Å². The Morgan fingerprint density at radius 3 is 2.34 bits per heavy atom. The van der Waals surface area contributed by atoms with Crippen molar-refractivity contribution in [1.29, 1.82) is 0 Å². The molecule has 0 fully saturated rings. The molecule has 0 N–H and O–H groups in total. The maximum atomic E-state index is 13.5. The molecule has 0 unspecified atom stereocenters. The fourth-order valence-corrected chi connectivity index (χ4v) is 2.81. The lowest BCUT2D eigenvalue weighted by Gasteiger charge is -2.14. The highest BCUT2D eigenvalue weighted by Crippen LogP contribution is 2.31. The molecule has 13 heteroatoms. The quantitative estimate of drug-likeness (QED) is 0.331. The van der Waals surface area contributed by atoms with Crippen LogP contribution in [-0.4, -0.2) is 31.7 Å². The van der Waals surface area contributed by atoms with E-state index in [1.54, 1.807) is 19.1 Å². The van der Waals surface area contributed by atoms with Crippen LogP contribution in [0.15, 0.2) is 52.4 Å². The Bertz CT molecular complexity index is 1210. The molecule has 170 valence electrons. The van der Waals surface area contributed by atoms with Gasteiger partial charge in [0, 0.05) is 18.2 Å². The monoisotopic (exact) mass is 459 g/mol. The minimum absolute atomic E-state index is 0.214. The average molecular weight is 459 g/mol. The zero-order valence-electron chi connectivity index (χ0n) is 16.6. The molecule has 0 saturated heterocycles. The summed E-state index contributed by atoms with van der Waals surface area (Å²) in [6, 6.07) is 7.41. The first kappa shape index (κ1) is 23.0. The Hall–Kier alpha value is -3.64. The lowest BCUT2D eigenvalue weighted by atomic mass is 10.1. The average Bonchev–Trinajstić information content (AvgIpc) is 3.03. The lowest BCUT2D eigenvalue weighted by molar-refractivity contribution is -0.137. The molecule has 0 radical (unpaired) electrons. The van der Waals surface area contributed by atoms with E-state index in [0.717, 1.165) is 21.5 Å². The summed E-state index contributed by atoms with van der Waals surface area (Å²) in [6.45, 7) is 1.12. The van der Waals surface area contributed by atoms with Crippen molar-refractivity contribution in [1.82, 2.24) is 19.8 Å². The van der Waals surface area contributed by atoms with Crippen LogP contribution in [0, 0.1) is 6.92 Å². The molecule has 1 aromatic heterocycles. The van der Waals surface area contributed by atoms with E-state index in [1.807, 2.05) is 0 Å². The molecule has 0 atom stereocenters. The van der Waals surface area contributed by atoms with Crippen LogP contribution in [0.25, 0.3) is 5.69 Å². The van der Waals surface area contributed by atoms with Gasteiger partial charge in [0.25, 0.3) is 0 Å². The maximum absolute atomic E-state index is 13.5. The van der Waals surface area contributed by atoms with E-state index in [1.165, 1.54) is 13.1 Å². The summed E-state index contributed by atoms with van der Waals surface area (Å²) in [4.78, 5) is 17.0. The van der Waals surface area contributed by atoms with Gasteiger partial charge in [-0.05, 0) is 41.1 Å². The molecule has 7 nitrogen and oxygen atoms in total. The molecule has 1 heterocycles. The van der Waals surface area contributed by atoms with Crippen LogP contribution in [0.2, 0.25) is 0 Å². The molecule has 3 aromatic rings. The number of aryl methyl sites for hydroxylation is 2. The van der Waals surface area contributed by atoms with Gasteiger partial charge >= 0.3 is 18.0 Å². The van der Waals surface area contributed by atoms with Gasteiger partial charge in [0.05, 0.1) is 11.3 Å². The summed E-state index contributed by atoms with van der Waals surface area (Å²) in [5.74, 6) is 0. The summed E-state index contributed by atoms with van der Waals surface area (Å²) in [7, 11) is 1.37. The molecule has 0 saturated carbocycles. The Morgan fingerprint density at radius 1 is 1.06 bits per heavy atom. The summed E-state index contributed by atoms with van der Waals surface area (Å²) < 4.78 is 81.0. The highest BCUT2D eigenvalue weighted by atomic mass is 19.4. The predicted octanol–water partition coefficient (Wildman–Crippen LogP) is 3.78. The van der Waals surface area contributed by atoms with Crippen LogP contribution in [0.3, 0.4) is 0 Å². The molecule has 0 aliphatic heterocycles. The van der Waals surface area contributed by atoms with Gasteiger partial charge in [0.15, 0.2) is 5.71 Å². The Labute approximate surface area is 176 Å². The van der Waals surface area contributed by atoms with Crippen LogP contribution in [-0.2, 0) is 24.7 Å². The molecular weight excluding hydrogens is 444 g/mol. The minimum Gasteiger partial charge on any atom is -0.390 e. The van der Waals surface area contributed by atoms with Crippen LogP contribution in [0.1, 0.15) is 22.3 Å². The Balaban J connectivity index is 1.96. The SMILES string of the molecule is Cc1cccc(-n2nnn(C)c2=O)c1CO/N=C(\c1cccc(C(F)(F)F)c1)C(F)(F)F. The molecule has 0 amide bonds. The number of tetrazole rings is 1. The zero-order chi connectivity index (χ0) is 23.7. The number of oxime groups is 1. The number of alkyl halides is 6. The third-order valence-corrected chi connectivity index (χ3v) is 4.43. The predicted molar refractivity (Wildman–Crippen MR) is 100 cm³/mol. The topological polar surface area (TPSA) is 74.3 Å². The van der Waals surface area contributed by atoms with Crippen LogP contribution >= 0.6 is 0 Å². The number of benzene rings is 2. The maximum Gasteiger partial charge on any atom is 0.437 e. The summed E-state index contributed by atoms with van der Waals surface area (Å²) in [5, 5.41) is 10.4. The lowest BCUT2D eigenvalue weighted by Crippen LogP contribution is -2.25. The Kier molecular flexibility index (Phi) is 6.10. The Morgan fingerprint density at radius 2 is 1.75 bits per heavy atom. The zero-order valence-corrected chi connectivity index (χ0v) is 16.6. The van der Waals surface area contributed by atoms with Gasteiger partial charge < -0.3 is 4.84 Å². The van der Waals surface area contributed by atoms with Gasteiger partial charge in [0.1, 0.15) is 6.61 Å². The number of halogens is 6.